The number of piperazine rings is 1. The van der Waals surface area contributed by atoms with E-state index in [0.29, 0.717) is 28.8 Å². The Labute approximate surface area is 190 Å². The van der Waals surface area contributed by atoms with Crippen molar-refractivity contribution in [1.29, 1.82) is 0 Å². The molecule has 0 aliphatic carbocycles. The van der Waals surface area contributed by atoms with E-state index in [4.69, 9.17) is 23.2 Å². The van der Waals surface area contributed by atoms with Gasteiger partial charge in [-0.3, -0.25) is 9.59 Å². The molecule has 1 aromatic heterocycles. The number of anilines is 1. The summed E-state index contributed by atoms with van der Waals surface area (Å²) in [6.45, 7) is 3.00. The molecular weight excluding hydrogens is 435 g/mol. The summed E-state index contributed by atoms with van der Waals surface area (Å²) in [5, 5.41) is 5.72. The maximum atomic E-state index is 12.7. The van der Waals surface area contributed by atoms with E-state index in [1.807, 2.05) is 41.3 Å². The Morgan fingerprint density at radius 1 is 0.903 bits per heavy atom. The Morgan fingerprint density at radius 3 is 2.32 bits per heavy atom. The number of amides is 1. The maximum absolute atomic E-state index is 12.7. The lowest BCUT2D eigenvalue weighted by Crippen LogP contribution is -2.49. The Bertz CT molecular complexity index is 1140. The minimum atomic E-state index is -0.232. The van der Waals surface area contributed by atoms with Crippen molar-refractivity contribution in [3.8, 4) is 11.3 Å². The van der Waals surface area contributed by atoms with Gasteiger partial charge in [0.1, 0.15) is 0 Å². The van der Waals surface area contributed by atoms with Crippen LogP contribution < -0.4 is 10.5 Å². The van der Waals surface area contributed by atoms with Crippen molar-refractivity contribution < 1.29 is 4.79 Å². The number of carbonyl (C=O) groups excluding carboxylic acids is 1. The first kappa shape index (κ1) is 21.4. The van der Waals surface area contributed by atoms with Gasteiger partial charge in [0.05, 0.1) is 12.2 Å². The van der Waals surface area contributed by atoms with Gasteiger partial charge in [0.2, 0.25) is 5.91 Å². The van der Waals surface area contributed by atoms with Crippen LogP contribution in [0, 0.1) is 0 Å². The summed E-state index contributed by atoms with van der Waals surface area (Å²) in [5.74, 6) is 0.0209. The third-order valence-electron chi connectivity index (χ3n) is 5.33. The van der Waals surface area contributed by atoms with Gasteiger partial charge >= 0.3 is 0 Å². The van der Waals surface area contributed by atoms with Crippen molar-refractivity contribution >= 4 is 34.8 Å². The summed E-state index contributed by atoms with van der Waals surface area (Å²) in [6.07, 6.45) is 0.225. The van der Waals surface area contributed by atoms with Gasteiger partial charge in [0.15, 0.2) is 0 Å². The number of hydrogen-bond acceptors (Lipinski definition) is 4. The molecule has 0 atom stereocenters. The standard InChI is InChI=1S/C23H22Cl2N4O2/c24-18-4-1-3-17(15-18)21-7-8-23(31)29(26-21)10-9-22(30)28-13-11-27(12-14-28)20-6-2-5-19(25)16-20/h1-8,15-16H,9-14H2. The minimum Gasteiger partial charge on any atom is -0.368 e. The van der Waals surface area contributed by atoms with E-state index in [0.717, 1.165) is 24.3 Å². The van der Waals surface area contributed by atoms with Gasteiger partial charge in [-0.2, -0.15) is 5.10 Å². The van der Waals surface area contributed by atoms with E-state index in [9.17, 15) is 9.59 Å². The topological polar surface area (TPSA) is 58.4 Å². The second-order valence-electron chi connectivity index (χ2n) is 7.39. The normalized spacial score (nSPS) is 14.0. The van der Waals surface area contributed by atoms with E-state index in [2.05, 4.69) is 10.00 Å². The molecule has 8 heteroatoms. The Hall–Kier alpha value is -2.83. The first-order chi connectivity index (χ1) is 15.0. The largest absolute Gasteiger partial charge is 0.368 e. The zero-order valence-corrected chi connectivity index (χ0v) is 18.4. The van der Waals surface area contributed by atoms with E-state index >= 15 is 0 Å². The van der Waals surface area contributed by atoms with Gasteiger partial charge < -0.3 is 9.80 Å². The molecular formula is C23H22Cl2N4O2. The molecule has 1 amide bonds. The highest BCUT2D eigenvalue weighted by molar-refractivity contribution is 6.31. The molecule has 0 unspecified atom stereocenters. The van der Waals surface area contributed by atoms with Crippen LogP contribution in [0.5, 0.6) is 0 Å². The molecule has 31 heavy (non-hydrogen) atoms. The third-order valence-corrected chi connectivity index (χ3v) is 5.80. The maximum Gasteiger partial charge on any atom is 0.266 e. The molecule has 4 rings (SSSR count). The first-order valence-electron chi connectivity index (χ1n) is 10.1. The number of aryl methyl sites for hydroxylation is 1. The predicted molar refractivity (Wildman–Crippen MR) is 124 cm³/mol. The number of halogens is 2. The molecule has 0 saturated carbocycles. The van der Waals surface area contributed by atoms with Crippen LogP contribution >= 0.6 is 23.2 Å². The SMILES string of the molecule is O=C(CCn1nc(-c2cccc(Cl)c2)ccc1=O)N1CCN(c2cccc(Cl)c2)CC1. The van der Waals surface area contributed by atoms with Gasteiger partial charge in [0.25, 0.3) is 5.56 Å². The molecule has 0 radical (unpaired) electrons. The molecule has 160 valence electrons. The number of aromatic nitrogens is 2. The van der Waals surface area contributed by atoms with Crippen LogP contribution in [0.2, 0.25) is 10.0 Å². The van der Waals surface area contributed by atoms with E-state index in [1.165, 1.54) is 10.7 Å². The fourth-order valence-electron chi connectivity index (χ4n) is 3.66. The highest BCUT2D eigenvalue weighted by Gasteiger charge is 2.21. The highest BCUT2D eigenvalue weighted by atomic mass is 35.5. The number of carbonyl (C=O) groups is 1. The van der Waals surface area contributed by atoms with E-state index in [-0.39, 0.29) is 24.4 Å². The second kappa shape index (κ2) is 9.54. The van der Waals surface area contributed by atoms with E-state index < -0.39 is 0 Å². The van der Waals surface area contributed by atoms with Crippen LogP contribution in [0.3, 0.4) is 0 Å². The first-order valence-corrected chi connectivity index (χ1v) is 10.9. The van der Waals surface area contributed by atoms with Crippen LogP contribution in [0.15, 0.2) is 65.5 Å². The number of rotatable bonds is 5. The average Bonchev–Trinajstić information content (AvgIpc) is 2.78. The lowest BCUT2D eigenvalue weighted by Gasteiger charge is -2.36. The van der Waals surface area contributed by atoms with Crippen LogP contribution in [0.25, 0.3) is 11.3 Å². The van der Waals surface area contributed by atoms with Gasteiger partial charge in [-0.25, -0.2) is 4.68 Å². The summed E-state index contributed by atoms with van der Waals surface area (Å²) in [5.41, 5.74) is 2.30. The molecule has 2 heterocycles. The fourth-order valence-corrected chi connectivity index (χ4v) is 4.03. The van der Waals surface area contributed by atoms with Crippen LogP contribution in [-0.2, 0) is 11.3 Å². The van der Waals surface area contributed by atoms with Crippen molar-refractivity contribution in [3.63, 3.8) is 0 Å². The molecule has 1 aliphatic rings. The molecule has 6 nitrogen and oxygen atoms in total. The summed E-state index contributed by atoms with van der Waals surface area (Å²) in [6, 6.07) is 18.2. The second-order valence-corrected chi connectivity index (χ2v) is 8.26. The minimum absolute atomic E-state index is 0.0209. The monoisotopic (exact) mass is 456 g/mol. The smallest absolute Gasteiger partial charge is 0.266 e. The summed E-state index contributed by atoms with van der Waals surface area (Å²) < 4.78 is 1.34. The molecule has 1 fully saturated rings. The number of nitrogens with zero attached hydrogens (tertiary/aromatic N) is 4. The molecule has 0 spiro atoms. The third kappa shape index (κ3) is 5.27. The molecule has 0 bridgehead atoms. The Morgan fingerprint density at radius 2 is 1.61 bits per heavy atom. The summed E-state index contributed by atoms with van der Waals surface area (Å²) in [4.78, 5) is 29.0. The highest BCUT2D eigenvalue weighted by Crippen LogP contribution is 2.21. The quantitative estimate of drug-likeness (QED) is 0.582. The fraction of sp³-hybridized carbons (Fsp3) is 0.261. The van der Waals surface area contributed by atoms with E-state index in [1.54, 1.807) is 18.2 Å². The Balaban J connectivity index is 1.36. The van der Waals surface area contributed by atoms with Gasteiger partial charge in [-0.15, -0.1) is 0 Å². The molecule has 2 aromatic carbocycles. The van der Waals surface area contributed by atoms with Crippen molar-refractivity contribution in [3.05, 3.63) is 81.1 Å². The van der Waals surface area contributed by atoms with Crippen LogP contribution in [0.1, 0.15) is 6.42 Å². The van der Waals surface area contributed by atoms with Crippen LogP contribution in [-0.4, -0.2) is 46.8 Å². The average molecular weight is 457 g/mol. The van der Waals surface area contributed by atoms with Crippen molar-refractivity contribution in [1.82, 2.24) is 14.7 Å². The molecule has 1 saturated heterocycles. The predicted octanol–water partition coefficient (Wildman–Crippen LogP) is 3.96. The van der Waals surface area contributed by atoms with Gasteiger partial charge in [-0.1, -0.05) is 41.4 Å². The number of hydrogen-bond donors (Lipinski definition) is 0. The lowest BCUT2D eigenvalue weighted by atomic mass is 10.1. The van der Waals surface area contributed by atoms with Crippen molar-refractivity contribution in [2.45, 2.75) is 13.0 Å². The molecule has 1 aliphatic heterocycles. The van der Waals surface area contributed by atoms with Gasteiger partial charge in [0, 0.05) is 60.0 Å². The molecule has 3 aromatic rings. The zero-order valence-electron chi connectivity index (χ0n) is 16.9. The molecule has 0 N–H and O–H groups in total. The van der Waals surface area contributed by atoms with Crippen molar-refractivity contribution in [2.75, 3.05) is 31.1 Å². The number of benzene rings is 2. The summed E-state index contributed by atoms with van der Waals surface area (Å²) in [7, 11) is 0. The zero-order chi connectivity index (χ0) is 21.8. The van der Waals surface area contributed by atoms with Gasteiger partial charge in [-0.05, 0) is 36.4 Å². The summed E-state index contributed by atoms with van der Waals surface area (Å²) >= 11 is 12.1. The van der Waals surface area contributed by atoms with Crippen LogP contribution in [0.4, 0.5) is 5.69 Å². The Kier molecular flexibility index (Phi) is 6.59. The van der Waals surface area contributed by atoms with Crippen molar-refractivity contribution in [2.24, 2.45) is 0 Å². The lowest BCUT2D eigenvalue weighted by molar-refractivity contribution is -0.131.